The van der Waals surface area contributed by atoms with Gasteiger partial charge in [-0.2, -0.15) is 5.26 Å². The molecule has 0 fully saturated rings. The number of aromatic nitrogens is 12. The number of imidazole rings is 4. The lowest BCUT2D eigenvalue weighted by atomic mass is 9.67. The predicted octanol–water partition coefficient (Wildman–Crippen LogP) is 29.8. The Labute approximate surface area is 784 Å². The Hall–Kier alpha value is -18.8. The van der Waals surface area contributed by atoms with E-state index in [-0.39, 0.29) is 0 Å². The van der Waals surface area contributed by atoms with E-state index in [4.69, 9.17) is 45.1 Å². The van der Waals surface area contributed by atoms with Gasteiger partial charge in [0.05, 0.1) is 83.2 Å². The summed E-state index contributed by atoms with van der Waals surface area (Å²) in [4.78, 5) is 41.5. The molecular weight excluding hydrogens is 1670 g/mol. The third-order valence-corrected chi connectivity index (χ3v) is 27.5. The summed E-state index contributed by atoms with van der Waals surface area (Å²) in [7, 11) is 0. The molecule has 0 radical (unpaired) electrons. The van der Waals surface area contributed by atoms with Gasteiger partial charge in [-0.15, -0.1) is 0 Å². The lowest BCUT2D eigenvalue weighted by Gasteiger charge is -2.34. The van der Waals surface area contributed by atoms with Crippen molar-refractivity contribution in [3.63, 3.8) is 0 Å². The minimum atomic E-state index is -0.668. The highest BCUT2D eigenvalue weighted by Crippen LogP contribution is 2.58. The van der Waals surface area contributed by atoms with Gasteiger partial charge >= 0.3 is 0 Å². The molecule has 1 aliphatic carbocycles. The Morgan fingerprint density at radius 1 is 0.190 bits per heavy atom. The second-order valence-corrected chi connectivity index (χ2v) is 35.2. The van der Waals surface area contributed by atoms with E-state index in [1.165, 1.54) is 66.1 Å². The zero-order chi connectivity index (χ0) is 90.3. The summed E-state index contributed by atoms with van der Waals surface area (Å²) in [6, 6.07) is 162. The molecule has 0 saturated carbocycles. The van der Waals surface area contributed by atoms with E-state index in [9.17, 15) is 0 Å². The molecule has 20 aromatic carbocycles. The van der Waals surface area contributed by atoms with E-state index in [0.717, 1.165) is 189 Å². The number of nitrogens with zero attached hydrogens (tertiary/aromatic N) is 13. The topological polar surface area (TPSA) is 145 Å². The maximum Gasteiger partial charge on any atom is 0.149 e. The quantitative estimate of drug-likeness (QED) is 0.138. The van der Waals surface area contributed by atoms with Gasteiger partial charge in [-0.05, 0) is 245 Å². The summed E-state index contributed by atoms with van der Waals surface area (Å²) in [5.41, 5.74) is 33.6. The molecule has 0 unspecified atom stereocenters. The van der Waals surface area contributed by atoms with E-state index in [0.29, 0.717) is 5.56 Å². The summed E-state index contributed by atoms with van der Waals surface area (Å²) >= 11 is 0. The Morgan fingerprint density at radius 3 is 0.839 bits per heavy atom. The Morgan fingerprint density at radius 2 is 0.453 bits per heavy atom. The van der Waals surface area contributed by atoms with Gasteiger partial charge in [-0.1, -0.05) is 309 Å². The molecule has 13 heteroatoms. The number of rotatable bonds is 9. The van der Waals surface area contributed by atoms with Gasteiger partial charge in [0.2, 0.25) is 0 Å². The lowest BCUT2D eigenvalue weighted by molar-refractivity contribution is 0.768. The van der Waals surface area contributed by atoms with Gasteiger partial charge in [0.25, 0.3) is 0 Å². The maximum atomic E-state index is 9.07. The Kier molecular flexibility index (Phi) is 18.0. The summed E-state index contributed by atoms with van der Waals surface area (Å²) in [6.07, 6.45) is 0. The molecule has 28 aromatic rings. The van der Waals surface area contributed by atoms with Crippen LogP contribution in [-0.4, -0.2) is 57.5 Å². The maximum absolute atomic E-state index is 9.07. The first kappa shape index (κ1) is 78.1. The van der Waals surface area contributed by atoms with Crippen LogP contribution in [0, 0.1) is 11.3 Å². The molecule has 8 heterocycles. The largest absolute Gasteiger partial charge is 0.276 e. The molecule has 13 nitrogen and oxygen atoms in total. The molecule has 0 amide bonds. The first-order valence-electron chi connectivity index (χ1n) is 46.1. The van der Waals surface area contributed by atoms with Gasteiger partial charge in [0.1, 0.15) is 45.9 Å². The van der Waals surface area contributed by atoms with Gasteiger partial charge < -0.3 is 0 Å². The minimum absolute atomic E-state index is 0.667. The summed E-state index contributed by atoms with van der Waals surface area (Å²) in [6.45, 7) is 0. The highest BCUT2D eigenvalue weighted by atomic mass is 15.1. The van der Waals surface area contributed by atoms with Crippen molar-refractivity contribution in [2.45, 2.75) is 5.41 Å². The molecule has 0 saturated heterocycles. The second kappa shape index (κ2) is 31.5. The lowest BCUT2D eigenvalue weighted by Crippen LogP contribution is -2.28. The molecule has 0 spiro atoms. The molecule has 8 aromatic heterocycles. The zero-order valence-corrected chi connectivity index (χ0v) is 73.6. The molecule has 1 aliphatic rings. The third kappa shape index (κ3) is 12.8. The van der Waals surface area contributed by atoms with Crippen molar-refractivity contribution in [2.24, 2.45) is 0 Å². The van der Waals surface area contributed by atoms with Crippen LogP contribution < -0.4 is 0 Å². The van der Waals surface area contributed by atoms with E-state index in [1.807, 2.05) is 78.9 Å². The normalized spacial score (nSPS) is 12.3. The fourth-order valence-electron chi connectivity index (χ4n) is 21.0. The van der Waals surface area contributed by atoms with Crippen LogP contribution in [0.2, 0.25) is 0 Å². The summed E-state index contributed by atoms with van der Waals surface area (Å²) < 4.78 is 8.85. The fraction of sp³-hybridized carbons (Fsp3) is 0.00806. The number of fused-ring (bicyclic) bond motifs is 26. The van der Waals surface area contributed by atoms with Gasteiger partial charge in [0.15, 0.2) is 0 Å². The molecule has 0 aliphatic heterocycles. The number of hydrogen-bond acceptors (Lipinski definition) is 9. The van der Waals surface area contributed by atoms with Crippen molar-refractivity contribution in [3.05, 3.63) is 483 Å². The van der Waals surface area contributed by atoms with Crippen molar-refractivity contribution in [3.8, 4) is 96.1 Å². The minimum Gasteiger partial charge on any atom is -0.276 e. The molecule has 137 heavy (non-hydrogen) atoms. The molecule has 29 rings (SSSR count). The first-order chi connectivity index (χ1) is 67.8. The van der Waals surface area contributed by atoms with Crippen LogP contribution in [0.4, 0.5) is 0 Å². The van der Waals surface area contributed by atoms with Gasteiger partial charge in [-0.25, -0.2) is 39.9 Å². The number of benzene rings is 20. The average molecular weight is 1750 g/mol. The second-order valence-electron chi connectivity index (χ2n) is 35.2. The number of hydrogen-bond donors (Lipinski definition) is 0. The number of para-hydroxylation sites is 11. The van der Waals surface area contributed by atoms with E-state index < -0.39 is 5.41 Å². The average Bonchev–Trinajstić information content (AvgIpc) is 1.53. The standard InChI is InChI=1S/C53H32N6.C40H25N3.C31H18N4/c1-3-15-35(16-4-1)53(36-17-5-2-6-18-36)41-31-33(49-54-43-21-9-7-19-39(43)51-56-45-23-11-13-25-47(45)58(49)51)27-29-37(41)38-30-28-34(32-42(38)53)50-55-44-22-10-8-20-40(44)52-57-46-24-12-14-26-48(46)59(50)52;1-3-9-30-23-32(19-17-26(30)7-1)28-13-15-29(16-14-28)33-21-22-35-37(25-33)42-39(34-20-18-27-8-2-4-10-31(27)24-34)43-38-12-6-5-11-36(38)41-40(35)43;32-19-20-9-11-21(12-10-20)22-13-14-24-18-25(16-15-23(24)17-22)30-33-27-6-2-1-5-26(27)31-34-28-7-3-4-8-29(28)35(30)31/h1-32H;1-25H;1-18H. The molecule has 636 valence electrons. The molecule has 0 atom stereocenters. The van der Waals surface area contributed by atoms with Crippen LogP contribution in [0.1, 0.15) is 27.8 Å². The van der Waals surface area contributed by atoms with E-state index in [2.05, 4.69) is 400 Å². The highest BCUT2D eigenvalue weighted by molar-refractivity contribution is 6.05. The molecular formula is C124H75N13. The molecule has 0 N–H and O–H groups in total. The van der Waals surface area contributed by atoms with Crippen LogP contribution in [0.5, 0.6) is 0 Å². The summed E-state index contributed by atoms with van der Waals surface area (Å²) in [5.74, 6) is 3.49. The smallest absolute Gasteiger partial charge is 0.149 e. The Balaban J connectivity index is 0.000000108. The molecule has 0 bridgehead atoms. The van der Waals surface area contributed by atoms with E-state index >= 15 is 0 Å². The van der Waals surface area contributed by atoms with Crippen LogP contribution >= 0.6 is 0 Å². The van der Waals surface area contributed by atoms with Crippen LogP contribution in [0.15, 0.2) is 455 Å². The fourth-order valence-corrected chi connectivity index (χ4v) is 21.0. The highest BCUT2D eigenvalue weighted by Gasteiger charge is 2.47. The first-order valence-corrected chi connectivity index (χ1v) is 46.1. The van der Waals surface area contributed by atoms with Crippen molar-refractivity contribution >= 4 is 143 Å². The summed E-state index contributed by atoms with van der Waals surface area (Å²) in [5, 5.41) is 20.4. The third-order valence-electron chi connectivity index (χ3n) is 27.5. The van der Waals surface area contributed by atoms with Crippen molar-refractivity contribution in [2.75, 3.05) is 0 Å². The predicted molar refractivity (Wildman–Crippen MR) is 558 cm³/mol. The van der Waals surface area contributed by atoms with Crippen molar-refractivity contribution in [1.29, 1.82) is 5.26 Å². The van der Waals surface area contributed by atoms with Crippen LogP contribution in [0.3, 0.4) is 0 Å². The van der Waals surface area contributed by atoms with Crippen LogP contribution in [0.25, 0.3) is 233 Å². The van der Waals surface area contributed by atoms with Crippen molar-refractivity contribution < 1.29 is 0 Å². The van der Waals surface area contributed by atoms with Gasteiger partial charge in [-0.3, -0.25) is 17.6 Å². The SMILES string of the molecule is N#Cc1ccc(-c2ccc3cc(-c4nc5ccccc5c5nc6ccccc6n45)ccc3c2)cc1.c1ccc(C2(c3ccccc3)c3cc(-c4nc5ccccc5c5nc6ccccc6n45)ccc3-c3ccc(-c4nc5ccccc5c5nc6ccccc6n45)cc32)cc1.c1ccc2cc(-c3ccc(-c4ccc5c(c4)nc(-c4ccc6ccccc6c4)n4c6ccccc6nc54)cc3)ccc2c1. The Bertz CT molecular complexity index is 9660. The van der Waals surface area contributed by atoms with Crippen LogP contribution in [-0.2, 0) is 5.41 Å². The van der Waals surface area contributed by atoms with Crippen molar-refractivity contribution in [1.82, 2.24) is 57.5 Å². The number of nitriles is 1. The van der Waals surface area contributed by atoms with Gasteiger partial charge in [0, 0.05) is 43.8 Å². The van der Waals surface area contributed by atoms with E-state index in [1.54, 1.807) is 0 Å². The zero-order valence-electron chi connectivity index (χ0n) is 73.6. The monoisotopic (exact) mass is 1750 g/mol.